The third kappa shape index (κ3) is 4.59. The zero-order valence-electron chi connectivity index (χ0n) is 14.7. The van der Waals surface area contributed by atoms with Crippen LogP contribution >= 0.6 is 23.2 Å². The van der Waals surface area contributed by atoms with Crippen LogP contribution in [0.5, 0.6) is 0 Å². The molecule has 0 spiro atoms. The smallest absolute Gasteiger partial charge is 0.317 e. The highest BCUT2D eigenvalue weighted by Crippen LogP contribution is 2.24. The first-order valence-corrected chi connectivity index (χ1v) is 9.44. The lowest BCUT2D eigenvalue weighted by Crippen LogP contribution is -2.57. The highest BCUT2D eigenvalue weighted by atomic mass is 35.5. The van der Waals surface area contributed by atoms with Crippen LogP contribution in [0.3, 0.4) is 0 Å². The topological polar surface area (TPSA) is 48.5 Å². The molecule has 138 valence electrons. The highest BCUT2D eigenvalue weighted by molar-refractivity contribution is 6.32. The molecule has 1 fully saturated rings. The first-order chi connectivity index (χ1) is 12.5. The van der Waals surface area contributed by atoms with Crippen LogP contribution in [0.15, 0.2) is 42.6 Å². The van der Waals surface area contributed by atoms with Crippen molar-refractivity contribution in [2.24, 2.45) is 0 Å². The van der Waals surface area contributed by atoms with Crippen LogP contribution in [0.1, 0.15) is 12.5 Å². The Kier molecular flexibility index (Phi) is 6.22. The number of hydrogen-bond donors (Lipinski definition) is 1. The molecule has 7 heteroatoms. The number of urea groups is 1. The SMILES string of the molecule is CC1CN(c2ncccc2Cl)CCN1C(=O)NCCc1cccc(Cl)c1. The number of aromatic nitrogens is 1. The fraction of sp³-hybridized carbons (Fsp3) is 0.368. The number of benzene rings is 1. The van der Waals surface area contributed by atoms with Crippen LogP contribution < -0.4 is 10.2 Å². The number of piperazine rings is 1. The van der Waals surface area contributed by atoms with Crippen LogP contribution in [0, 0.1) is 0 Å². The van der Waals surface area contributed by atoms with Gasteiger partial charge < -0.3 is 15.1 Å². The fourth-order valence-corrected chi connectivity index (χ4v) is 3.62. The maximum Gasteiger partial charge on any atom is 0.317 e. The third-order valence-corrected chi connectivity index (χ3v) is 5.04. The van der Waals surface area contributed by atoms with Crippen molar-refractivity contribution in [3.05, 3.63) is 58.2 Å². The van der Waals surface area contributed by atoms with Gasteiger partial charge in [-0.1, -0.05) is 35.3 Å². The summed E-state index contributed by atoms with van der Waals surface area (Å²) in [6.45, 7) is 4.68. The predicted molar refractivity (Wildman–Crippen MR) is 106 cm³/mol. The van der Waals surface area contributed by atoms with Crippen molar-refractivity contribution < 1.29 is 4.79 Å². The van der Waals surface area contributed by atoms with Gasteiger partial charge in [-0.15, -0.1) is 0 Å². The molecule has 1 aliphatic heterocycles. The summed E-state index contributed by atoms with van der Waals surface area (Å²) in [5.41, 5.74) is 1.11. The molecule has 0 bridgehead atoms. The van der Waals surface area contributed by atoms with Gasteiger partial charge in [-0.2, -0.15) is 0 Å². The quantitative estimate of drug-likeness (QED) is 0.859. The second-order valence-electron chi connectivity index (χ2n) is 6.41. The normalized spacial score (nSPS) is 17.3. The van der Waals surface area contributed by atoms with Crippen molar-refractivity contribution in [2.45, 2.75) is 19.4 Å². The highest BCUT2D eigenvalue weighted by Gasteiger charge is 2.28. The summed E-state index contributed by atoms with van der Waals surface area (Å²) >= 11 is 12.2. The lowest BCUT2D eigenvalue weighted by Gasteiger charge is -2.40. The van der Waals surface area contributed by atoms with E-state index in [1.165, 1.54) is 0 Å². The van der Waals surface area contributed by atoms with Crippen LogP contribution in [0.25, 0.3) is 0 Å². The third-order valence-electron chi connectivity index (χ3n) is 4.51. The van der Waals surface area contributed by atoms with Crippen LogP contribution in [-0.2, 0) is 6.42 Å². The average Bonchev–Trinajstić information content (AvgIpc) is 2.62. The van der Waals surface area contributed by atoms with Crippen molar-refractivity contribution in [1.82, 2.24) is 15.2 Å². The molecular weight excluding hydrogens is 371 g/mol. The molecule has 2 heterocycles. The summed E-state index contributed by atoms with van der Waals surface area (Å²) in [5.74, 6) is 0.780. The van der Waals surface area contributed by atoms with Gasteiger partial charge in [0.1, 0.15) is 5.82 Å². The monoisotopic (exact) mass is 392 g/mol. The Morgan fingerprint density at radius 2 is 2.12 bits per heavy atom. The number of hydrogen-bond acceptors (Lipinski definition) is 3. The molecule has 1 atom stereocenters. The number of carbonyl (C=O) groups is 1. The predicted octanol–water partition coefficient (Wildman–Crippen LogP) is 3.85. The number of carbonyl (C=O) groups excluding carboxylic acids is 1. The van der Waals surface area contributed by atoms with Crippen molar-refractivity contribution >= 4 is 35.1 Å². The van der Waals surface area contributed by atoms with E-state index >= 15 is 0 Å². The van der Waals surface area contributed by atoms with E-state index < -0.39 is 0 Å². The van der Waals surface area contributed by atoms with Crippen molar-refractivity contribution in [1.29, 1.82) is 0 Å². The summed E-state index contributed by atoms with van der Waals surface area (Å²) in [6, 6.07) is 11.4. The first-order valence-electron chi connectivity index (χ1n) is 8.69. The largest absolute Gasteiger partial charge is 0.352 e. The van der Waals surface area contributed by atoms with Crippen LogP contribution in [0.4, 0.5) is 10.6 Å². The molecule has 2 aromatic rings. The van der Waals surface area contributed by atoms with E-state index in [-0.39, 0.29) is 12.1 Å². The number of pyridine rings is 1. The number of amides is 2. The Labute approximate surface area is 163 Å². The summed E-state index contributed by atoms with van der Waals surface area (Å²) in [5, 5.41) is 4.35. The van der Waals surface area contributed by atoms with Gasteiger partial charge in [0.05, 0.1) is 5.02 Å². The van der Waals surface area contributed by atoms with E-state index in [1.807, 2.05) is 48.2 Å². The van der Waals surface area contributed by atoms with E-state index in [2.05, 4.69) is 15.2 Å². The molecule has 0 aliphatic carbocycles. The van der Waals surface area contributed by atoms with Crippen LogP contribution in [-0.4, -0.2) is 48.1 Å². The minimum absolute atomic E-state index is 0.0358. The van der Waals surface area contributed by atoms with Crippen molar-refractivity contribution in [2.75, 3.05) is 31.1 Å². The molecule has 0 saturated carbocycles. The molecule has 2 amide bonds. The van der Waals surface area contributed by atoms with Gasteiger partial charge in [0, 0.05) is 43.4 Å². The molecule has 1 saturated heterocycles. The second kappa shape index (κ2) is 8.60. The Morgan fingerprint density at radius 1 is 1.27 bits per heavy atom. The maximum absolute atomic E-state index is 12.5. The van der Waals surface area contributed by atoms with E-state index in [0.29, 0.717) is 36.2 Å². The fourth-order valence-electron chi connectivity index (χ4n) is 3.17. The Hall–Kier alpha value is -1.98. The Bertz CT molecular complexity index is 771. The zero-order chi connectivity index (χ0) is 18.5. The van der Waals surface area contributed by atoms with E-state index in [0.717, 1.165) is 17.8 Å². The van der Waals surface area contributed by atoms with E-state index in [4.69, 9.17) is 23.2 Å². The molecule has 1 aromatic heterocycles. The molecule has 1 N–H and O–H groups in total. The lowest BCUT2D eigenvalue weighted by atomic mass is 10.1. The van der Waals surface area contributed by atoms with E-state index in [9.17, 15) is 4.79 Å². The van der Waals surface area contributed by atoms with Gasteiger partial charge in [0.25, 0.3) is 0 Å². The summed E-state index contributed by atoms with van der Waals surface area (Å²) < 4.78 is 0. The van der Waals surface area contributed by atoms with Gasteiger partial charge in [0.2, 0.25) is 0 Å². The summed E-state index contributed by atoms with van der Waals surface area (Å²) in [4.78, 5) is 20.9. The minimum Gasteiger partial charge on any atom is -0.352 e. The van der Waals surface area contributed by atoms with Crippen molar-refractivity contribution in [3.8, 4) is 0 Å². The first kappa shape index (κ1) is 18.8. The van der Waals surface area contributed by atoms with Gasteiger partial charge in [-0.05, 0) is 43.2 Å². The Morgan fingerprint density at radius 3 is 2.85 bits per heavy atom. The summed E-state index contributed by atoms with van der Waals surface area (Å²) in [7, 11) is 0. The molecule has 0 radical (unpaired) electrons. The number of halogens is 2. The van der Waals surface area contributed by atoms with E-state index in [1.54, 1.807) is 6.20 Å². The number of anilines is 1. The molecular formula is C19H22Cl2N4O. The standard InChI is InChI=1S/C19H22Cl2N4O/c1-14-13-24(18-17(21)6-3-8-22-18)10-11-25(14)19(26)23-9-7-15-4-2-5-16(20)12-15/h2-6,8,12,14H,7,9-11,13H2,1H3,(H,23,26). The van der Waals surface area contributed by atoms with Gasteiger partial charge in [-0.25, -0.2) is 9.78 Å². The van der Waals surface area contributed by atoms with Gasteiger partial charge in [0.15, 0.2) is 0 Å². The zero-order valence-corrected chi connectivity index (χ0v) is 16.2. The minimum atomic E-state index is -0.0358. The number of nitrogens with zero attached hydrogens (tertiary/aromatic N) is 3. The molecule has 5 nitrogen and oxygen atoms in total. The molecule has 3 rings (SSSR count). The number of rotatable bonds is 4. The van der Waals surface area contributed by atoms with Crippen LogP contribution in [0.2, 0.25) is 10.0 Å². The number of nitrogens with one attached hydrogen (secondary N) is 1. The maximum atomic E-state index is 12.5. The molecule has 1 aliphatic rings. The average molecular weight is 393 g/mol. The second-order valence-corrected chi connectivity index (χ2v) is 7.25. The molecule has 1 aromatic carbocycles. The van der Waals surface area contributed by atoms with Gasteiger partial charge in [-0.3, -0.25) is 0 Å². The van der Waals surface area contributed by atoms with Gasteiger partial charge >= 0.3 is 6.03 Å². The lowest BCUT2D eigenvalue weighted by molar-refractivity contribution is 0.171. The van der Waals surface area contributed by atoms with Crippen molar-refractivity contribution in [3.63, 3.8) is 0 Å². The summed E-state index contributed by atoms with van der Waals surface area (Å²) in [6.07, 6.45) is 2.49. The Balaban J connectivity index is 1.51. The molecule has 26 heavy (non-hydrogen) atoms. The molecule has 1 unspecified atom stereocenters.